The van der Waals surface area contributed by atoms with Gasteiger partial charge in [-0.15, -0.1) is 0 Å². The Morgan fingerprint density at radius 2 is 1.91 bits per heavy atom. The number of nitrogen functional groups attached to an aromatic ring is 1. The standard InChI is InChI=1S/C19H14FN7O6/c20-9-2-1-7(3-8(9)6-22-13-12(21)14(28)15(13)29)5-23-17(30)10-4-11(19(32)33)27-16(24-10)18(31)25-26-27/h1-4,22,31H,5-6,21H2,(H,23,30)(H,32,33). The number of benzene rings is 1. The zero-order chi connectivity index (χ0) is 23.9. The van der Waals surface area contributed by atoms with E-state index in [0.29, 0.717) is 5.56 Å². The van der Waals surface area contributed by atoms with Crippen LogP contribution in [0.15, 0.2) is 33.9 Å². The smallest absolute Gasteiger partial charge is 0.354 e. The fourth-order valence-electron chi connectivity index (χ4n) is 3.05. The number of nitrogens with zero attached hydrogens (tertiary/aromatic N) is 4. The SMILES string of the molecule is Nc1c(NCc2cc(CNC(=O)c3cc(C(=O)O)n4nnc(O)c4n3)ccc2F)c(=O)c1=O. The van der Waals surface area contributed by atoms with Crippen molar-refractivity contribution in [1.29, 1.82) is 0 Å². The summed E-state index contributed by atoms with van der Waals surface area (Å²) in [4.78, 5) is 50.4. The molecular weight excluding hydrogens is 441 g/mol. The van der Waals surface area contributed by atoms with Crippen molar-refractivity contribution in [2.45, 2.75) is 13.1 Å². The summed E-state index contributed by atoms with van der Waals surface area (Å²) in [5, 5.41) is 30.9. The number of rotatable bonds is 7. The van der Waals surface area contributed by atoms with Gasteiger partial charge < -0.3 is 26.6 Å². The highest BCUT2D eigenvalue weighted by Crippen LogP contribution is 2.17. The van der Waals surface area contributed by atoms with Crippen LogP contribution in [0, 0.1) is 5.82 Å². The van der Waals surface area contributed by atoms with Crippen molar-refractivity contribution in [2.75, 3.05) is 11.1 Å². The van der Waals surface area contributed by atoms with Crippen LogP contribution in [0.3, 0.4) is 0 Å². The fraction of sp³-hybridized carbons (Fsp3) is 0.105. The number of nitrogens with two attached hydrogens (primary N) is 1. The number of carbonyl (C=O) groups is 2. The highest BCUT2D eigenvalue weighted by molar-refractivity contribution is 5.96. The Morgan fingerprint density at radius 1 is 1.15 bits per heavy atom. The van der Waals surface area contributed by atoms with E-state index < -0.39 is 40.1 Å². The molecule has 1 amide bonds. The first-order chi connectivity index (χ1) is 15.7. The molecule has 4 aromatic rings. The lowest BCUT2D eigenvalue weighted by atomic mass is 10.1. The van der Waals surface area contributed by atoms with Crippen LogP contribution in [-0.2, 0) is 13.1 Å². The molecule has 0 radical (unpaired) electrons. The van der Waals surface area contributed by atoms with E-state index in [1.165, 1.54) is 12.1 Å². The number of halogens is 1. The van der Waals surface area contributed by atoms with Crippen LogP contribution in [0.25, 0.3) is 5.65 Å². The third kappa shape index (κ3) is 3.80. The first-order valence-corrected chi connectivity index (χ1v) is 9.24. The molecule has 2 aromatic heterocycles. The van der Waals surface area contributed by atoms with E-state index in [0.717, 1.165) is 16.6 Å². The summed E-state index contributed by atoms with van der Waals surface area (Å²) in [5.41, 5.74) is 3.13. The van der Waals surface area contributed by atoms with Crippen molar-refractivity contribution >= 4 is 28.9 Å². The van der Waals surface area contributed by atoms with Crippen molar-refractivity contribution in [3.8, 4) is 5.88 Å². The number of carbonyl (C=O) groups excluding carboxylic acids is 1. The number of amides is 1. The number of carboxylic acid groups (broad SMARTS) is 1. The fourth-order valence-corrected chi connectivity index (χ4v) is 3.05. The van der Waals surface area contributed by atoms with Crippen LogP contribution < -0.4 is 27.2 Å². The molecule has 0 unspecified atom stereocenters. The normalized spacial score (nSPS) is 11.1. The van der Waals surface area contributed by atoms with Gasteiger partial charge in [0.15, 0.2) is 5.69 Å². The summed E-state index contributed by atoms with van der Waals surface area (Å²) in [7, 11) is 0. The maximum Gasteiger partial charge on any atom is 0.354 e. The van der Waals surface area contributed by atoms with E-state index in [1.54, 1.807) is 0 Å². The molecule has 4 rings (SSSR count). The average molecular weight is 455 g/mol. The molecule has 0 bridgehead atoms. The Morgan fingerprint density at radius 3 is 2.61 bits per heavy atom. The predicted octanol–water partition coefficient (Wildman–Crippen LogP) is -0.613. The summed E-state index contributed by atoms with van der Waals surface area (Å²) in [5.74, 6) is -3.41. The molecule has 14 heteroatoms. The van der Waals surface area contributed by atoms with Crippen molar-refractivity contribution < 1.29 is 24.2 Å². The number of aromatic hydroxyl groups is 1. The Labute approximate surface area is 182 Å². The minimum Gasteiger partial charge on any atom is -0.489 e. The van der Waals surface area contributed by atoms with Crippen molar-refractivity contribution in [3.63, 3.8) is 0 Å². The molecule has 0 saturated carbocycles. The molecule has 0 aliphatic heterocycles. The maximum atomic E-state index is 14.1. The van der Waals surface area contributed by atoms with E-state index in [9.17, 15) is 33.8 Å². The summed E-state index contributed by atoms with van der Waals surface area (Å²) in [6, 6.07) is 4.97. The average Bonchev–Trinajstić information content (AvgIpc) is 3.18. The van der Waals surface area contributed by atoms with Crippen molar-refractivity contribution in [1.82, 2.24) is 25.1 Å². The topological polar surface area (TPSA) is 202 Å². The third-order valence-corrected chi connectivity index (χ3v) is 4.78. The second-order valence-electron chi connectivity index (χ2n) is 6.89. The molecule has 0 spiro atoms. The van der Waals surface area contributed by atoms with Crippen LogP contribution in [-0.4, -0.2) is 41.9 Å². The van der Waals surface area contributed by atoms with Crippen LogP contribution >= 0.6 is 0 Å². The molecule has 33 heavy (non-hydrogen) atoms. The number of nitrogens with one attached hydrogen (secondary N) is 2. The molecule has 0 atom stereocenters. The number of anilines is 2. The highest BCUT2D eigenvalue weighted by atomic mass is 19.1. The van der Waals surface area contributed by atoms with Gasteiger partial charge in [0.05, 0.1) is 0 Å². The Hall–Kier alpha value is -4.88. The monoisotopic (exact) mass is 455 g/mol. The minimum absolute atomic E-state index is 0.0763. The van der Waals surface area contributed by atoms with Crippen LogP contribution in [0.2, 0.25) is 0 Å². The molecule has 168 valence electrons. The van der Waals surface area contributed by atoms with Gasteiger partial charge in [0, 0.05) is 24.7 Å². The predicted molar refractivity (Wildman–Crippen MR) is 110 cm³/mol. The molecule has 0 aliphatic carbocycles. The lowest BCUT2D eigenvalue weighted by Crippen LogP contribution is -2.37. The maximum absolute atomic E-state index is 14.1. The number of hydrogen-bond donors (Lipinski definition) is 5. The molecule has 2 aromatic carbocycles. The molecule has 0 aliphatic rings. The summed E-state index contributed by atoms with van der Waals surface area (Å²) in [6.07, 6.45) is 0. The van der Waals surface area contributed by atoms with E-state index >= 15 is 0 Å². The number of aromatic carboxylic acids is 1. The van der Waals surface area contributed by atoms with E-state index in [1.807, 2.05) is 0 Å². The van der Waals surface area contributed by atoms with Crippen LogP contribution in [0.5, 0.6) is 5.88 Å². The number of fused-ring (bicyclic) bond motifs is 1. The largest absolute Gasteiger partial charge is 0.489 e. The number of aromatic nitrogens is 4. The van der Waals surface area contributed by atoms with Gasteiger partial charge in [0.25, 0.3) is 22.6 Å². The third-order valence-electron chi connectivity index (χ3n) is 4.78. The van der Waals surface area contributed by atoms with Gasteiger partial charge in [-0.05, 0) is 17.7 Å². The highest BCUT2D eigenvalue weighted by Gasteiger charge is 2.20. The molecule has 2 heterocycles. The van der Waals surface area contributed by atoms with Crippen molar-refractivity contribution in [3.05, 3.63) is 73.0 Å². The number of hydrogen-bond acceptors (Lipinski definition) is 10. The van der Waals surface area contributed by atoms with Gasteiger partial charge in [-0.25, -0.2) is 14.2 Å². The lowest BCUT2D eigenvalue weighted by molar-refractivity contribution is 0.0687. The van der Waals surface area contributed by atoms with Gasteiger partial charge in [0.2, 0.25) is 5.65 Å². The first kappa shape index (κ1) is 21.4. The number of carboxylic acids is 1. The van der Waals surface area contributed by atoms with Gasteiger partial charge in [-0.3, -0.25) is 14.4 Å². The Bertz CT molecular complexity index is 1510. The summed E-state index contributed by atoms with van der Waals surface area (Å²) in [6.45, 7) is -0.205. The van der Waals surface area contributed by atoms with E-state index in [-0.39, 0.29) is 41.4 Å². The van der Waals surface area contributed by atoms with Crippen LogP contribution in [0.1, 0.15) is 32.1 Å². The molecule has 0 fully saturated rings. The van der Waals surface area contributed by atoms with Gasteiger partial charge in [-0.2, -0.15) is 4.52 Å². The molecule has 0 saturated heterocycles. The Balaban J connectivity index is 1.49. The van der Waals surface area contributed by atoms with Crippen LogP contribution in [0.4, 0.5) is 15.8 Å². The molecule has 6 N–H and O–H groups in total. The summed E-state index contributed by atoms with van der Waals surface area (Å²) < 4.78 is 14.9. The first-order valence-electron chi connectivity index (χ1n) is 9.24. The second kappa shape index (κ2) is 7.99. The minimum atomic E-state index is -1.42. The van der Waals surface area contributed by atoms with E-state index in [2.05, 4.69) is 25.9 Å². The molecular formula is C19H14FN7O6. The second-order valence-corrected chi connectivity index (χ2v) is 6.89. The van der Waals surface area contributed by atoms with Gasteiger partial charge in [0.1, 0.15) is 22.9 Å². The van der Waals surface area contributed by atoms with Gasteiger partial charge >= 0.3 is 5.97 Å². The molecule has 13 nitrogen and oxygen atoms in total. The summed E-state index contributed by atoms with van der Waals surface area (Å²) >= 11 is 0. The van der Waals surface area contributed by atoms with Crippen molar-refractivity contribution in [2.24, 2.45) is 0 Å². The zero-order valence-corrected chi connectivity index (χ0v) is 16.5. The quantitative estimate of drug-likeness (QED) is 0.222. The van der Waals surface area contributed by atoms with E-state index in [4.69, 9.17) is 5.73 Å². The van der Waals surface area contributed by atoms with Gasteiger partial charge in [-0.1, -0.05) is 16.4 Å². The lowest BCUT2D eigenvalue weighted by Gasteiger charge is -2.12. The zero-order valence-electron chi connectivity index (χ0n) is 16.5. The Kier molecular flexibility index (Phi) is 5.17.